The summed E-state index contributed by atoms with van der Waals surface area (Å²) in [6, 6.07) is 27.7. The molecule has 0 saturated carbocycles. The maximum Gasteiger partial charge on any atom is 0.257 e. The monoisotopic (exact) mass is 393 g/mol. The summed E-state index contributed by atoms with van der Waals surface area (Å²) in [5, 5.41) is 5.62. The highest BCUT2D eigenvalue weighted by molar-refractivity contribution is 6.12. The van der Waals surface area contributed by atoms with Gasteiger partial charge < -0.3 is 10.6 Å². The van der Waals surface area contributed by atoms with Crippen LogP contribution < -0.4 is 10.6 Å². The highest BCUT2D eigenvalue weighted by atomic mass is 16.2. The van der Waals surface area contributed by atoms with Crippen molar-refractivity contribution in [1.29, 1.82) is 0 Å². The lowest BCUT2D eigenvalue weighted by Gasteiger charge is -2.12. The van der Waals surface area contributed by atoms with Crippen molar-refractivity contribution in [3.8, 4) is 11.1 Å². The van der Waals surface area contributed by atoms with Crippen LogP contribution in [0.2, 0.25) is 0 Å². The number of benzene rings is 3. The van der Waals surface area contributed by atoms with Crippen molar-refractivity contribution in [1.82, 2.24) is 4.98 Å². The van der Waals surface area contributed by atoms with Gasteiger partial charge in [-0.3, -0.25) is 14.6 Å². The third kappa shape index (κ3) is 4.42. The molecule has 0 aliphatic carbocycles. The molecule has 0 bridgehead atoms. The number of amides is 2. The third-order valence-electron chi connectivity index (χ3n) is 4.59. The van der Waals surface area contributed by atoms with Crippen LogP contribution in [0.5, 0.6) is 0 Å². The van der Waals surface area contributed by atoms with E-state index in [9.17, 15) is 9.59 Å². The van der Waals surface area contributed by atoms with E-state index in [-0.39, 0.29) is 11.8 Å². The Morgan fingerprint density at radius 3 is 2.07 bits per heavy atom. The van der Waals surface area contributed by atoms with Crippen molar-refractivity contribution in [3.63, 3.8) is 0 Å². The Morgan fingerprint density at radius 2 is 1.33 bits per heavy atom. The smallest absolute Gasteiger partial charge is 0.257 e. The van der Waals surface area contributed by atoms with Crippen LogP contribution >= 0.6 is 0 Å². The van der Waals surface area contributed by atoms with Crippen LogP contribution in [0.4, 0.5) is 11.4 Å². The number of nitrogens with one attached hydrogen (secondary N) is 2. The van der Waals surface area contributed by atoms with E-state index in [2.05, 4.69) is 15.6 Å². The maximum absolute atomic E-state index is 12.7. The summed E-state index contributed by atoms with van der Waals surface area (Å²) in [5.41, 5.74) is 4.02. The molecule has 0 saturated heterocycles. The molecule has 3 aromatic carbocycles. The van der Waals surface area contributed by atoms with Crippen LogP contribution in [0.15, 0.2) is 103 Å². The number of pyridine rings is 1. The topological polar surface area (TPSA) is 71.1 Å². The molecule has 2 N–H and O–H groups in total. The van der Waals surface area contributed by atoms with Gasteiger partial charge in [-0.05, 0) is 47.5 Å². The second-order valence-electron chi connectivity index (χ2n) is 6.64. The van der Waals surface area contributed by atoms with Crippen molar-refractivity contribution >= 4 is 23.2 Å². The summed E-state index contributed by atoms with van der Waals surface area (Å²) < 4.78 is 0. The van der Waals surface area contributed by atoms with Gasteiger partial charge in [-0.1, -0.05) is 54.6 Å². The molecule has 2 amide bonds. The molecule has 0 radical (unpaired) electrons. The Labute approximate surface area is 174 Å². The minimum atomic E-state index is -0.321. The molecule has 30 heavy (non-hydrogen) atoms. The van der Waals surface area contributed by atoms with Gasteiger partial charge in [-0.25, -0.2) is 0 Å². The van der Waals surface area contributed by atoms with E-state index in [1.807, 2.05) is 42.5 Å². The van der Waals surface area contributed by atoms with Crippen molar-refractivity contribution < 1.29 is 9.59 Å². The molecule has 0 atom stereocenters. The predicted molar refractivity (Wildman–Crippen MR) is 118 cm³/mol. The second kappa shape index (κ2) is 8.84. The van der Waals surface area contributed by atoms with E-state index in [0.29, 0.717) is 22.5 Å². The molecule has 0 spiro atoms. The molecule has 146 valence electrons. The first kappa shape index (κ1) is 19.1. The van der Waals surface area contributed by atoms with Crippen LogP contribution in [-0.4, -0.2) is 16.8 Å². The normalized spacial score (nSPS) is 10.3. The molecule has 4 rings (SSSR count). The van der Waals surface area contributed by atoms with Crippen LogP contribution in [-0.2, 0) is 0 Å². The van der Waals surface area contributed by atoms with Crippen LogP contribution in [0.1, 0.15) is 20.7 Å². The Balaban J connectivity index is 1.50. The molecule has 0 fully saturated rings. The van der Waals surface area contributed by atoms with Gasteiger partial charge >= 0.3 is 0 Å². The van der Waals surface area contributed by atoms with Gasteiger partial charge in [0.05, 0.1) is 23.1 Å². The summed E-state index contributed by atoms with van der Waals surface area (Å²) in [6.45, 7) is 0. The summed E-state index contributed by atoms with van der Waals surface area (Å²) in [6.07, 6.45) is 3.19. The average Bonchev–Trinajstić information content (AvgIpc) is 2.81. The van der Waals surface area contributed by atoms with Gasteiger partial charge in [-0.2, -0.15) is 0 Å². The molecular weight excluding hydrogens is 374 g/mol. The van der Waals surface area contributed by atoms with Crippen LogP contribution in [0.25, 0.3) is 11.1 Å². The Bertz CT molecular complexity index is 1160. The molecule has 1 heterocycles. The molecule has 5 nitrogen and oxygen atoms in total. The van der Waals surface area contributed by atoms with Crippen molar-refractivity contribution in [2.75, 3.05) is 10.6 Å². The Hall–Kier alpha value is -4.25. The van der Waals surface area contributed by atoms with Gasteiger partial charge in [0.1, 0.15) is 0 Å². The maximum atomic E-state index is 12.7. The number of carbonyl (C=O) groups excluding carboxylic acids is 2. The number of aromatic nitrogens is 1. The number of rotatable bonds is 5. The highest BCUT2D eigenvalue weighted by Gasteiger charge is 2.14. The zero-order valence-electron chi connectivity index (χ0n) is 16.1. The standard InChI is InChI=1S/C25H19N3O2/c29-24(20-14-12-19(13-15-20)18-7-2-1-3-8-18)28-23-11-5-4-10-22(23)25(30)27-21-9-6-16-26-17-21/h1-17H,(H,27,30)(H,28,29). The predicted octanol–water partition coefficient (Wildman–Crippen LogP) is 5.25. The fraction of sp³-hybridized carbons (Fsp3) is 0. The average molecular weight is 393 g/mol. The number of para-hydroxylation sites is 1. The van der Waals surface area contributed by atoms with E-state index in [4.69, 9.17) is 0 Å². The van der Waals surface area contributed by atoms with Crippen LogP contribution in [0, 0.1) is 0 Å². The number of hydrogen-bond acceptors (Lipinski definition) is 3. The first-order valence-electron chi connectivity index (χ1n) is 9.48. The summed E-state index contributed by atoms with van der Waals surface area (Å²) in [7, 11) is 0. The van der Waals surface area contributed by atoms with E-state index in [1.54, 1.807) is 60.9 Å². The SMILES string of the molecule is O=C(Nc1ccccc1C(=O)Nc1cccnc1)c1ccc(-c2ccccc2)cc1. The fourth-order valence-corrected chi connectivity index (χ4v) is 3.06. The number of hydrogen-bond donors (Lipinski definition) is 2. The molecular formula is C25H19N3O2. The minimum absolute atomic E-state index is 0.281. The number of nitrogens with zero attached hydrogens (tertiary/aromatic N) is 1. The van der Waals surface area contributed by atoms with Crippen molar-refractivity contribution in [2.24, 2.45) is 0 Å². The molecule has 4 aromatic rings. The first-order valence-corrected chi connectivity index (χ1v) is 9.48. The van der Waals surface area contributed by atoms with Crippen LogP contribution in [0.3, 0.4) is 0 Å². The molecule has 0 aliphatic heterocycles. The summed E-state index contributed by atoms with van der Waals surface area (Å²) in [5.74, 6) is -0.602. The Morgan fingerprint density at radius 1 is 0.633 bits per heavy atom. The van der Waals surface area contributed by atoms with Gasteiger partial charge in [0.25, 0.3) is 11.8 Å². The fourth-order valence-electron chi connectivity index (χ4n) is 3.06. The van der Waals surface area contributed by atoms with E-state index in [1.165, 1.54) is 0 Å². The highest BCUT2D eigenvalue weighted by Crippen LogP contribution is 2.21. The molecule has 5 heteroatoms. The van der Waals surface area contributed by atoms with E-state index < -0.39 is 0 Å². The van der Waals surface area contributed by atoms with Gasteiger partial charge in [-0.15, -0.1) is 0 Å². The molecule has 0 aliphatic rings. The Kier molecular flexibility index (Phi) is 5.62. The summed E-state index contributed by atoms with van der Waals surface area (Å²) >= 11 is 0. The van der Waals surface area contributed by atoms with Gasteiger partial charge in [0.2, 0.25) is 0 Å². The van der Waals surface area contributed by atoms with E-state index in [0.717, 1.165) is 11.1 Å². The molecule has 1 aromatic heterocycles. The van der Waals surface area contributed by atoms with Gasteiger partial charge in [0.15, 0.2) is 0 Å². The lowest BCUT2D eigenvalue weighted by molar-refractivity contribution is 0.102. The van der Waals surface area contributed by atoms with Crippen molar-refractivity contribution in [3.05, 3.63) is 115 Å². The quantitative estimate of drug-likeness (QED) is 0.486. The van der Waals surface area contributed by atoms with E-state index >= 15 is 0 Å². The lowest BCUT2D eigenvalue weighted by atomic mass is 10.0. The largest absolute Gasteiger partial charge is 0.321 e. The minimum Gasteiger partial charge on any atom is -0.321 e. The first-order chi connectivity index (χ1) is 14.7. The van der Waals surface area contributed by atoms with Gasteiger partial charge in [0, 0.05) is 11.8 Å². The van der Waals surface area contributed by atoms with Crippen molar-refractivity contribution in [2.45, 2.75) is 0 Å². The molecule has 0 unspecified atom stereocenters. The lowest BCUT2D eigenvalue weighted by Crippen LogP contribution is -2.18. The third-order valence-corrected chi connectivity index (χ3v) is 4.59. The zero-order chi connectivity index (χ0) is 20.8. The zero-order valence-corrected chi connectivity index (χ0v) is 16.1. The number of carbonyl (C=O) groups is 2. The summed E-state index contributed by atoms with van der Waals surface area (Å²) in [4.78, 5) is 29.4. The number of anilines is 2. The second-order valence-corrected chi connectivity index (χ2v) is 6.64.